The smallest absolute Gasteiger partial charge is 0.218 e. The average Bonchev–Trinajstić information content (AvgIpc) is 3.42. The van der Waals surface area contributed by atoms with Crippen molar-refractivity contribution in [3.63, 3.8) is 0 Å². The van der Waals surface area contributed by atoms with E-state index < -0.39 is 0 Å². The zero-order chi connectivity index (χ0) is 29.9. The van der Waals surface area contributed by atoms with Crippen molar-refractivity contribution in [2.75, 3.05) is 0 Å². The Kier molecular flexibility index (Phi) is 6.37. The van der Waals surface area contributed by atoms with E-state index in [0.29, 0.717) is 0 Å². The van der Waals surface area contributed by atoms with E-state index in [2.05, 4.69) is 130 Å². The Bertz CT molecular complexity index is 1790. The second kappa shape index (κ2) is 9.06. The van der Waals surface area contributed by atoms with Crippen molar-refractivity contribution in [1.29, 1.82) is 0 Å². The third-order valence-corrected chi connectivity index (χ3v) is 10.6. The minimum absolute atomic E-state index is 1.33. The minimum atomic E-state index is 1.33. The first-order valence-corrected chi connectivity index (χ1v) is 14.6. The number of hydrogen-bond acceptors (Lipinski definition) is 0. The van der Waals surface area contributed by atoms with Gasteiger partial charge in [-0.1, -0.05) is 0 Å². The summed E-state index contributed by atoms with van der Waals surface area (Å²) in [6.45, 7) is 27.6. The zero-order valence-corrected chi connectivity index (χ0v) is 27.8. The van der Waals surface area contributed by atoms with E-state index in [9.17, 15) is 0 Å². The third kappa shape index (κ3) is 3.31. The van der Waals surface area contributed by atoms with Crippen molar-refractivity contribution in [2.24, 2.45) is 28.2 Å². The van der Waals surface area contributed by atoms with Crippen molar-refractivity contribution >= 4 is 44.4 Å². The lowest BCUT2D eigenvalue weighted by atomic mass is 9.99. The van der Waals surface area contributed by atoms with Crippen LogP contribution in [0.5, 0.6) is 0 Å². The molecule has 0 unspecified atom stereocenters. The molecule has 0 spiro atoms. The molecule has 0 saturated carbocycles. The first-order valence-electron chi connectivity index (χ1n) is 14.6. The highest BCUT2D eigenvalue weighted by molar-refractivity contribution is 5.95. The zero-order valence-electron chi connectivity index (χ0n) is 27.8. The molecule has 0 aromatic carbocycles. The van der Waals surface area contributed by atoms with E-state index in [-0.39, 0.29) is 0 Å². The molecule has 3 aromatic rings. The lowest BCUT2D eigenvalue weighted by Crippen LogP contribution is -2.37. The van der Waals surface area contributed by atoms with Gasteiger partial charge in [0, 0.05) is 58.5 Å². The van der Waals surface area contributed by atoms with E-state index in [4.69, 9.17) is 0 Å². The Morgan fingerprint density at radius 3 is 0.825 bits per heavy atom. The molecule has 0 radical (unpaired) electrons. The average molecular weight is 537 g/mol. The first kappa shape index (κ1) is 28.1. The molecule has 4 heteroatoms. The van der Waals surface area contributed by atoms with Gasteiger partial charge in [-0.3, -0.25) is 0 Å². The van der Waals surface area contributed by atoms with Crippen LogP contribution in [0.1, 0.15) is 95.0 Å². The number of rotatable bonds is 0. The molecule has 3 aromatic heterocycles. The number of hydrogen-bond donors (Lipinski definition) is 0. The van der Waals surface area contributed by atoms with E-state index in [0.717, 1.165) is 0 Å². The van der Waals surface area contributed by atoms with Gasteiger partial charge >= 0.3 is 0 Å². The molecule has 0 aliphatic carbocycles. The van der Waals surface area contributed by atoms with Gasteiger partial charge in [0.25, 0.3) is 0 Å². The van der Waals surface area contributed by atoms with Gasteiger partial charge in [0.15, 0.2) is 0 Å². The van der Waals surface area contributed by atoms with Crippen molar-refractivity contribution in [1.82, 2.24) is 9.13 Å². The first-order chi connectivity index (χ1) is 18.6. The molecule has 4 nitrogen and oxygen atoms in total. The van der Waals surface area contributed by atoms with Crippen molar-refractivity contribution in [3.8, 4) is 0 Å². The van der Waals surface area contributed by atoms with Crippen molar-refractivity contribution in [2.45, 2.75) is 83.1 Å². The summed E-state index contributed by atoms with van der Waals surface area (Å²) >= 11 is 0. The molecule has 0 N–H and O–H groups in total. The summed E-state index contributed by atoms with van der Waals surface area (Å²) in [4.78, 5) is 0. The molecule has 40 heavy (non-hydrogen) atoms. The van der Waals surface area contributed by atoms with Gasteiger partial charge in [-0.25, -0.2) is 0 Å². The largest absolute Gasteiger partial charge is 0.343 e. The number of nitrogens with zero attached hydrogens (tertiary/aromatic N) is 4. The maximum absolute atomic E-state index is 2.45. The Hall–Kier alpha value is -3.40. The summed E-state index contributed by atoms with van der Waals surface area (Å²) in [5, 5.41) is 0. The summed E-state index contributed by atoms with van der Waals surface area (Å²) in [5.41, 5.74) is 26.9. The standard InChI is InChI=1S/C36H48N4/c1-17-18(2)30-26(10)32-21(5)22(6)34(39(32)15)28(12)36-24(8)23(7)35(40(36)16)27(11)33-20(4)19(3)31(38(33)14)25(9)29(17)37(30)13/h1-16H3/q+2. The van der Waals surface area contributed by atoms with Crippen LogP contribution in [-0.4, -0.2) is 9.13 Å². The van der Waals surface area contributed by atoms with Crippen LogP contribution in [0.2, 0.25) is 0 Å². The fourth-order valence-electron chi connectivity index (χ4n) is 8.59. The van der Waals surface area contributed by atoms with E-state index in [1.165, 1.54) is 112 Å². The molecule has 210 valence electrons. The third-order valence-electron chi connectivity index (χ3n) is 10.6. The van der Waals surface area contributed by atoms with Crippen LogP contribution < -0.4 is 9.13 Å². The highest BCUT2D eigenvalue weighted by Gasteiger charge is 2.36. The molecular formula is C36H48N4+2. The molecule has 0 fully saturated rings. The monoisotopic (exact) mass is 536 g/mol. The predicted octanol–water partition coefficient (Wildman–Crippen LogP) is 7.56. The van der Waals surface area contributed by atoms with Gasteiger partial charge in [0.2, 0.25) is 22.8 Å². The van der Waals surface area contributed by atoms with Gasteiger partial charge < -0.3 is 9.13 Å². The van der Waals surface area contributed by atoms with Crippen LogP contribution >= 0.6 is 0 Å². The summed E-state index contributed by atoms with van der Waals surface area (Å²) in [6, 6.07) is 0. The molecule has 2 aliphatic heterocycles. The maximum atomic E-state index is 2.45. The fraction of sp³-hybridized carbons (Fsp3) is 0.444. The highest BCUT2D eigenvalue weighted by Crippen LogP contribution is 2.39. The molecule has 0 atom stereocenters. The van der Waals surface area contributed by atoms with Gasteiger partial charge in [0.05, 0.1) is 16.6 Å². The Balaban J connectivity index is 2.28. The quantitative estimate of drug-likeness (QED) is 0.264. The van der Waals surface area contributed by atoms with E-state index in [1.54, 1.807) is 0 Å². The predicted molar refractivity (Wildman–Crippen MR) is 171 cm³/mol. The van der Waals surface area contributed by atoms with Crippen LogP contribution in [0.15, 0.2) is 0 Å². The second-order valence-corrected chi connectivity index (χ2v) is 12.5. The normalized spacial score (nSPS) is 13.8. The number of aromatic nitrogens is 4. The Morgan fingerprint density at radius 1 is 0.325 bits per heavy atom. The fourth-order valence-corrected chi connectivity index (χ4v) is 8.59. The van der Waals surface area contributed by atoms with Crippen LogP contribution in [0, 0.1) is 55.4 Å². The summed E-state index contributed by atoms with van der Waals surface area (Å²) in [5.74, 6) is 0. The molecule has 2 aliphatic rings. The van der Waals surface area contributed by atoms with Crippen molar-refractivity contribution in [3.05, 3.63) is 67.3 Å². The summed E-state index contributed by atoms with van der Waals surface area (Å²) in [6.07, 6.45) is 0. The van der Waals surface area contributed by atoms with Crippen LogP contribution in [0.4, 0.5) is 0 Å². The van der Waals surface area contributed by atoms with Crippen LogP contribution in [0.25, 0.3) is 44.4 Å². The molecule has 0 amide bonds. The number of fused-ring (bicyclic) bond motifs is 8. The molecule has 8 bridgehead atoms. The van der Waals surface area contributed by atoms with Gasteiger partial charge in [0.1, 0.15) is 14.1 Å². The van der Waals surface area contributed by atoms with Crippen LogP contribution in [0.3, 0.4) is 0 Å². The maximum Gasteiger partial charge on any atom is 0.218 e. The lowest BCUT2D eigenvalue weighted by Gasteiger charge is -2.07. The summed E-state index contributed by atoms with van der Waals surface area (Å²) < 4.78 is 9.81. The highest BCUT2D eigenvalue weighted by atomic mass is 15.0. The van der Waals surface area contributed by atoms with Gasteiger partial charge in [-0.05, 0) is 111 Å². The summed E-state index contributed by atoms with van der Waals surface area (Å²) in [7, 11) is 9.02. The van der Waals surface area contributed by atoms with Crippen molar-refractivity contribution < 1.29 is 9.13 Å². The Labute approximate surface area is 240 Å². The molecular weight excluding hydrogens is 488 g/mol. The second-order valence-electron chi connectivity index (χ2n) is 12.5. The minimum Gasteiger partial charge on any atom is -0.343 e. The number of allylic oxidation sites excluding steroid dienone is 4. The van der Waals surface area contributed by atoms with Crippen LogP contribution in [-0.2, 0) is 28.2 Å². The number of aryl methyl sites for hydroxylation is 9. The van der Waals surface area contributed by atoms with Gasteiger partial charge in [-0.2, -0.15) is 9.13 Å². The lowest BCUT2D eigenvalue weighted by molar-refractivity contribution is -0.679. The molecule has 0 saturated heterocycles. The molecule has 5 heterocycles. The van der Waals surface area contributed by atoms with E-state index >= 15 is 0 Å². The molecule has 5 rings (SSSR count). The van der Waals surface area contributed by atoms with E-state index in [1.807, 2.05) is 0 Å². The van der Waals surface area contributed by atoms with Gasteiger partial charge in [-0.15, -0.1) is 0 Å². The SMILES string of the molecule is CC1=C(C)c2c(C)c3c(C)c(C)c(c(C)c4c(C)c(C)c(c(C)c5[n+](C)c(c(C)c1[n+]2C)C(C)=C5C)n4C)n3C. The Morgan fingerprint density at radius 2 is 0.550 bits per heavy atom. The topological polar surface area (TPSA) is 17.6 Å².